The summed E-state index contributed by atoms with van der Waals surface area (Å²) in [6, 6.07) is 2.79. The molecule has 9 heteroatoms. The summed E-state index contributed by atoms with van der Waals surface area (Å²) < 4.78 is 25.9. The Kier molecular flexibility index (Phi) is 5.46. The van der Waals surface area contributed by atoms with Gasteiger partial charge in [-0.3, -0.25) is 10.1 Å². The monoisotopic (exact) mass is 322 g/mol. The summed E-state index contributed by atoms with van der Waals surface area (Å²) >= 11 is 5.83. The first-order valence-electron chi connectivity index (χ1n) is 5.78. The van der Waals surface area contributed by atoms with E-state index in [2.05, 4.69) is 0 Å². The van der Waals surface area contributed by atoms with Crippen molar-refractivity contribution in [2.75, 3.05) is 13.2 Å². The molecule has 0 saturated heterocycles. The molecule has 20 heavy (non-hydrogen) atoms. The molecule has 0 radical (unpaired) electrons. The van der Waals surface area contributed by atoms with Crippen LogP contribution in [0.5, 0.6) is 0 Å². The summed E-state index contributed by atoms with van der Waals surface area (Å²) in [5.74, 6) is 0. The first-order chi connectivity index (χ1) is 9.21. The molecule has 0 unspecified atom stereocenters. The highest BCUT2D eigenvalue weighted by Gasteiger charge is 2.29. The zero-order valence-electron chi connectivity index (χ0n) is 11.0. The Morgan fingerprint density at radius 2 is 2.05 bits per heavy atom. The molecule has 0 heterocycles. The van der Waals surface area contributed by atoms with Crippen molar-refractivity contribution in [2.24, 2.45) is 0 Å². The van der Waals surface area contributed by atoms with E-state index in [-0.39, 0.29) is 34.8 Å². The average molecular weight is 323 g/mol. The van der Waals surface area contributed by atoms with Crippen LogP contribution in [-0.4, -0.2) is 41.9 Å². The lowest BCUT2D eigenvalue weighted by Crippen LogP contribution is -2.39. The van der Waals surface area contributed by atoms with Crippen molar-refractivity contribution in [1.29, 1.82) is 0 Å². The normalized spacial score (nSPS) is 12.1. The van der Waals surface area contributed by atoms with E-state index in [1.54, 1.807) is 13.8 Å². The first kappa shape index (κ1) is 16.8. The molecule has 0 aliphatic heterocycles. The number of rotatable bonds is 6. The lowest BCUT2D eigenvalue weighted by Gasteiger charge is -2.25. The Morgan fingerprint density at radius 1 is 1.45 bits per heavy atom. The van der Waals surface area contributed by atoms with Crippen molar-refractivity contribution in [3.63, 3.8) is 0 Å². The third kappa shape index (κ3) is 3.45. The van der Waals surface area contributed by atoms with Gasteiger partial charge in [0.2, 0.25) is 10.0 Å². The van der Waals surface area contributed by atoms with Crippen molar-refractivity contribution < 1.29 is 18.4 Å². The van der Waals surface area contributed by atoms with Crippen LogP contribution in [0, 0.1) is 10.1 Å². The van der Waals surface area contributed by atoms with Gasteiger partial charge in [-0.1, -0.05) is 11.6 Å². The number of hydrogen-bond acceptors (Lipinski definition) is 5. The fraction of sp³-hybridized carbons (Fsp3) is 0.455. The molecule has 1 N–H and O–H groups in total. The molecule has 1 aromatic rings. The van der Waals surface area contributed by atoms with E-state index >= 15 is 0 Å². The Morgan fingerprint density at radius 3 is 2.45 bits per heavy atom. The van der Waals surface area contributed by atoms with Crippen molar-refractivity contribution in [3.8, 4) is 0 Å². The minimum Gasteiger partial charge on any atom is -0.395 e. The first-order valence-corrected chi connectivity index (χ1v) is 7.60. The molecule has 0 aliphatic rings. The lowest BCUT2D eigenvalue weighted by atomic mass is 10.3. The number of benzene rings is 1. The third-order valence-corrected chi connectivity index (χ3v) is 5.17. The van der Waals surface area contributed by atoms with Gasteiger partial charge in [-0.15, -0.1) is 0 Å². The fourth-order valence-corrected chi connectivity index (χ4v) is 3.84. The van der Waals surface area contributed by atoms with Crippen LogP contribution in [0.25, 0.3) is 0 Å². The third-order valence-electron chi connectivity index (χ3n) is 2.61. The summed E-state index contributed by atoms with van der Waals surface area (Å²) in [7, 11) is -3.92. The molecule has 0 fully saturated rings. The molecule has 112 valence electrons. The van der Waals surface area contributed by atoms with Gasteiger partial charge in [-0.2, -0.15) is 4.31 Å². The van der Waals surface area contributed by atoms with Crippen LogP contribution in [0.2, 0.25) is 5.02 Å². The van der Waals surface area contributed by atoms with Gasteiger partial charge in [0.05, 0.1) is 16.6 Å². The minimum absolute atomic E-state index is 0.0761. The highest BCUT2D eigenvalue weighted by molar-refractivity contribution is 7.89. The average Bonchev–Trinajstić information content (AvgIpc) is 2.34. The van der Waals surface area contributed by atoms with Crippen molar-refractivity contribution >= 4 is 27.3 Å². The van der Waals surface area contributed by atoms with E-state index in [4.69, 9.17) is 16.7 Å². The molecule has 0 spiro atoms. The highest BCUT2D eigenvalue weighted by Crippen LogP contribution is 2.29. The molecule has 1 rings (SSSR count). The molecule has 1 aromatic carbocycles. The maximum Gasteiger partial charge on any atom is 0.271 e. The zero-order valence-corrected chi connectivity index (χ0v) is 12.6. The van der Waals surface area contributed by atoms with Crippen LogP contribution in [0.4, 0.5) is 5.69 Å². The number of aliphatic hydroxyl groups is 1. The lowest BCUT2D eigenvalue weighted by molar-refractivity contribution is -0.384. The zero-order chi connectivity index (χ0) is 15.5. The number of sulfonamides is 1. The second-order valence-corrected chi connectivity index (χ2v) is 6.57. The van der Waals surface area contributed by atoms with Crippen molar-refractivity contribution in [3.05, 3.63) is 33.3 Å². The van der Waals surface area contributed by atoms with Gasteiger partial charge < -0.3 is 5.11 Å². The number of nitro benzene ring substituents is 1. The summed E-state index contributed by atoms with van der Waals surface area (Å²) in [5.41, 5.74) is -0.285. The van der Waals surface area contributed by atoms with E-state index in [9.17, 15) is 18.5 Å². The maximum absolute atomic E-state index is 12.4. The van der Waals surface area contributed by atoms with Crippen LogP contribution < -0.4 is 0 Å². The number of hydrogen-bond donors (Lipinski definition) is 1. The molecule has 0 aliphatic carbocycles. The number of halogens is 1. The maximum atomic E-state index is 12.4. The van der Waals surface area contributed by atoms with Gasteiger partial charge in [0.1, 0.15) is 4.90 Å². The Balaban J connectivity index is 3.31. The summed E-state index contributed by atoms with van der Waals surface area (Å²) in [6.07, 6.45) is 0. The van der Waals surface area contributed by atoms with Gasteiger partial charge in [0, 0.05) is 24.7 Å². The Labute approximate surface area is 122 Å². The van der Waals surface area contributed by atoms with E-state index in [0.717, 1.165) is 22.5 Å². The predicted molar refractivity (Wildman–Crippen MR) is 74.2 cm³/mol. The van der Waals surface area contributed by atoms with Crippen molar-refractivity contribution in [2.45, 2.75) is 24.8 Å². The molecule has 0 bridgehead atoms. The predicted octanol–water partition coefficient (Wildman–Crippen LogP) is 1.64. The molecule has 0 atom stereocenters. The van der Waals surface area contributed by atoms with Crippen molar-refractivity contribution in [1.82, 2.24) is 4.31 Å². The summed E-state index contributed by atoms with van der Waals surface area (Å²) in [6.45, 7) is 2.91. The smallest absolute Gasteiger partial charge is 0.271 e. The summed E-state index contributed by atoms with van der Waals surface area (Å²) in [5, 5.41) is 19.3. The van der Waals surface area contributed by atoms with E-state index in [0.29, 0.717) is 0 Å². The number of nitro groups is 1. The second-order valence-electron chi connectivity index (χ2n) is 4.30. The van der Waals surface area contributed by atoms with Gasteiger partial charge >= 0.3 is 0 Å². The van der Waals surface area contributed by atoms with Crippen LogP contribution in [0.15, 0.2) is 23.1 Å². The molecule has 7 nitrogen and oxygen atoms in total. The topological polar surface area (TPSA) is 101 Å². The van der Waals surface area contributed by atoms with E-state index < -0.39 is 14.9 Å². The number of nitrogens with zero attached hydrogens (tertiary/aromatic N) is 2. The summed E-state index contributed by atoms with van der Waals surface area (Å²) in [4.78, 5) is 9.74. The van der Waals surface area contributed by atoms with Gasteiger partial charge in [0.25, 0.3) is 5.69 Å². The SMILES string of the molecule is CC(C)N(CCO)S(=O)(=O)c1ccc([N+](=O)[O-])cc1Cl. The van der Waals surface area contributed by atoms with Crippen LogP contribution >= 0.6 is 11.6 Å². The van der Waals surface area contributed by atoms with E-state index in [1.165, 1.54) is 0 Å². The molecule has 0 saturated carbocycles. The van der Waals surface area contributed by atoms with Gasteiger partial charge in [-0.25, -0.2) is 8.42 Å². The standard InChI is InChI=1S/C11H15ClN2O5S/c1-8(2)13(5-6-15)20(18,19)11-4-3-9(14(16)17)7-10(11)12/h3-4,7-8,15H,5-6H2,1-2H3. The second kappa shape index (κ2) is 6.49. The number of aliphatic hydroxyl groups excluding tert-OH is 1. The van der Waals surface area contributed by atoms with Gasteiger partial charge in [-0.05, 0) is 19.9 Å². The number of non-ortho nitro benzene ring substituents is 1. The largest absolute Gasteiger partial charge is 0.395 e. The molecular formula is C11H15ClN2O5S. The van der Waals surface area contributed by atoms with Crippen LogP contribution in [0.3, 0.4) is 0 Å². The Bertz CT molecular complexity index is 603. The van der Waals surface area contributed by atoms with Crippen LogP contribution in [0.1, 0.15) is 13.8 Å². The molecular weight excluding hydrogens is 308 g/mol. The van der Waals surface area contributed by atoms with Crippen LogP contribution in [-0.2, 0) is 10.0 Å². The molecule has 0 aromatic heterocycles. The quantitative estimate of drug-likeness (QED) is 0.633. The van der Waals surface area contributed by atoms with Gasteiger partial charge in [0.15, 0.2) is 0 Å². The highest BCUT2D eigenvalue weighted by atomic mass is 35.5. The fourth-order valence-electron chi connectivity index (χ4n) is 1.69. The minimum atomic E-state index is -3.92. The Hall–Kier alpha value is -1.22. The van der Waals surface area contributed by atoms with E-state index in [1.807, 2.05) is 0 Å². The molecule has 0 amide bonds.